The molecule has 0 aliphatic rings. The van der Waals surface area contributed by atoms with Gasteiger partial charge in [-0.25, -0.2) is 9.59 Å². The molecule has 0 fully saturated rings. The molecule has 0 saturated heterocycles. The van der Waals surface area contributed by atoms with Gasteiger partial charge in [-0.15, -0.1) is 0 Å². The van der Waals surface area contributed by atoms with E-state index >= 15 is 0 Å². The third kappa shape index (κ3) is 5.69. The van der Waals surface area contributed by atoms with Crippen molar-refractivity contribution in [2.75, 3.05) is 13.7 Å². The molecule has 1 amide bonds. The summed E-state index contributed by atoms with van der Waals surface area (Å²) in [6, 6.07) is 2.55. The number of amides is 1. The van der Waals surface area contributed by atoms with E-state index in [1.54, 1.807) is 6.92 Å². The van der Waals surface area contributed by atoms with E-state index in [0.717, 1.165) is 12.1 Å². The summed E-state index contributed by atoms with van der Waals surface area (Å²) in [6.45, 7) is 2.89. The van der Waals surface area contributed by atoms with Crippen LogP contribution in [0.5, 0.6) is 0 Å². The first kappa shape index (κ1) is 21.4. The summed E-state index contributed by atoms with van der Waals surface area (Å²) in [5.74, 6) is -2.60. The highest BCUT2D eigenvalue weighted by atomic mass is 35.5. The number of nitro groups is 1. The Morgan fingerprint density at radius 1 is 1.35 bits per heavy atom. The normalized spacial score (nSPS) is 12.6. The van der Waals surface area contributed by atoms with Crippen LogP contribution in [0.3, 0.4) is 0 Å². The summed E-state index contributed by atoms with van der Waals surface area (Å²) in [4.78, 5) is 45.9. The summed E-state index contributed by atoms with van der Waals surface area (Å²) in [5, 5.41) is 13.5. The van der Waals surface area contributed by atoms with Gasteiger partial charge < -0.3 is 14.8 Å². The standard InChI is InChI=1S/C16H19ClN2O7/c1-4-9(2)14(16(22)25-3)18-13(20)8-26-15(21)11-6-5-10(17)7-12(11)19(23)24/h5-7,9,14H,4,8H2,1-3H3,(H,18,20)/t9-,14+/m0/s1. The summed E-state index contributed by atoms with van der Waals surface area (Å²) in [5.41, 5.74) is -0.867. The summed E-state index contributed by atoms with van der Waals surface area (Å²) >= 11 is 5.67. The first-order valence-corrected chi connectivity index (χ1v) is 8.07. The Kier molecular flexibility index (Phi) is 7.98. The topological polar surface area (TPSA) is 125 Å². The van der Waals surface area contributed by atoms with Gasteiger partial charge in [0.2, 0.25) is 0 Å². The fourth-order valence-electron chi connectivity index (χ4n) is 2.05. The van der Waals surface area contributed by atoms with Gasteiger partial charge in [0.15, 0.2) is 6.61 Å². The number of esters is 2. The predicted octanol–water partition coefficient (Wildman–Crippen LogP) is 2.11. The van der Waals surface area contributed by atoms with E-state index in [2.05, 4.69) is 10.1 Å². The Hall–Kier alpha value is -2.68. The fraction of sp³-hybridized carbons (Fsp3) is 0.438. The average molecular weight is 387 g/mol. The molecule has 2 atom stereocenters. The zero-order valence-electron chi connectivity index (χ0n) is 14.5. The molecule has 0 saturated carbocycles. The summed E-state index contributed by atoms with van der Waals surface area (Å²) < 4.78 is 9.43. The maximum absolute atomic E-state index is 12.0. The van der Waals surface area contributed by atoms with Crippen LogP contribution in [0.25, 0.3) is 0 Å². The van der Waals surface area contributed by atoms with Gasteiger partial charge in [0.05, 0.1) is 12.0 Å². The van der Waals surface area contributed by atoms with E-state index < -0.39 is 41.1 Å². The molecule has 1 aromatic carbocycles. The van der Waals surface area contributed by atoms with Gasteiger partial charge in [0.25, 0.3) is 11.6 Å². The minimum absolute atomic E-state index is 0.0838. The van der Waals surface area contributed by atoms with Gasteiger partial charge in [0.1, 0.15) is 11.6 Å². The Morgan fingerprint density at radius 2 is 2.00 bits per heavy atom. The van der Waals surface area contributed by atoms with Crippen molar-refractivity contribution in [1.82, 2.24) is 5.32 Å². The largest absolute Gasteiger partial charge is 0.467 e. The van der Waals surface area contributed by atoms with Gasteiger partial charge in [0, 0.05) is 11.1 Å². The van der Waals surface area contributed by atoms with Crippen LogP contribution in [0.1, 0.15) is 30.6 Å². The quantitative estimate of drug-likeness (QED) is 0.412. The lowest BCUT2D eigenvalue weighted by Gasteiger charge is -2.21. The van der Waals surface area contributed by atoms with Gasteiger partial charge in [-0.05, 0) is 18.1 Å². The Balaban J connectivity index is 2.77. The van der Waals surface area contributed by atoms with E-state index in [1.165, 1.54) is 13.2 Å². The number of carbonyl (C=O) groups is 3. The van der Waals surface area contributed by atoms with Crippen LogP contribution >= 0.6 is 11.6 Å². The minimum Gasteiger partial charge on any atom is -0.467 e. The van der Waals surface area contributed by atoms with Crippen LogP contribution in [0.2, 0.25) is 5.02 Å². The van der Waals surface area contributed by atoms with Gasteiger partial charge in [-0.2, -0.15) is 0 Å². The first-order chi connectivity index (χ1) is 12.2. The van der Waals surface area contributed by atoms with Crippen LogP contribution in [0.15, 0.2) is 18.2 Å². The van der Waals surface area contributed by atoms with Crippen LogP contribution in [0.4, 0.5) is 5.69 Å². The van der Waals surface area contributed by atoms with Crippen molar-refractivity contribution < 1.29 is 28.8 Å². The molecule has 0 bridgehead atoms. The summed E-state index contributed by atoms with van der Waals surface area (Å²) in [6.07, 6.45) is 0.608. The van der Waals surface area contributed by atoms with E-state index in [0.29, 0.717) is 6.42 Å². The number of ether oxygens (including phenoxy) is 2. The number of nitro benzene ring substituents is 1. The van der Waals surface area contributed by atoms with Crippen molar-refractivity contribution in [1.29, 1.82) is 0 Å². The molecule has 0 spiro atoms. The zero-order valence-corrected chi connectivity index (χ0v) is 15.2. The number of benzene rings is 1. The van der Waals surface area contributed by atoms with Crippen LogP contribution in [-0.4, -0.2) is 42.5 Å². The molecule has 1 rings (SSSR count). The average Bonchev–Trinajstić information content (AvgIpc) is 2.62. The van der Waals surface area contributed by atoms with E-state index in [1.807, 2.05) is 6.92 Å². The maximum Gasteiger partial charge on any atom is 0.345 e. The Labute approximate surface area is 154 Å². The minimum atomic E-state index is -1.05. The molecular formula is C16H19ClN2O7. The fourth-order valence-corrected chi connectivity index (χ4v) is 2.21. The van der Waals surface area contributed by atoms with Crippen LogP contribution in [0, 0.1) is 16.0 Å². The number of nitrogens with one attached hydrogen (secondary N) is 1. The molecule has 0 aromatic heterocycles. The van der Waals surface area contributed by atoms with E-state index in [-0.39, 0.29) is 16.5 Å². The number of carbonyl (C=O) groups excluding carboxylic acids is 3. The molecule has 1 N–H and O–H groups in total. The van der Waals surface area contributed by atoms with Crippen LogP contribution in [-0.2, 0) is 19.1 Å². The number of hydrogen-bond acceptors (Lipinski definition) is 7. The van der Waals surface area contributed by atoms with Crippen molar-refractivity contribution in [3.63, 3.8) is 0 Å². The van der Waals surface area contributed by atoms with E-state index in [9.17, 15) is 24.5 Å². The second-order valence-corrected chi connectivity index (χ2v) is 5.89. The predicted molar refractivity (Wildman–Crippen MR) is 91.8 cm³/mol. The van der Waals surface area contributed by atoms with Crippen molar-refractivity contribution in [3.05, 3.63) is 38.9 Å². The summed E-state index contributed by atoms with van der Waals surface area (Å²) in [7, 11) is 1.20. The highest BCUT2D eigenvalue weighted by molar-refractivity contribution is 6.31. The van der Waals surface area contributed by atoms with Crippen molar-refractivity contribution in [2.45, 2.75) is 26.3 Å². The Bertz CT molecular complexity index is 708. The van der Waals surface area contributed by atoms with Crippen molar-refractivity contribution in [3.8, 4) is 0 Å². The number of methoxy groups -OCH3 is 1. The third-order valence-electron chi connectivity index (χ3n) is 3.70. The number of halogens is 1. The molecular weight excluding hydrogens is 368 g/mol. The zero-order chi connectivity index (χ0) is 19.9. The highest BCUT2D eigenvalue weighted by Crippen LogP contribution is 2.23. The lowest BCUT2D eigenvalue weighted by Crippen LogP contribution is -2.47. The molecule has 9 nitrogen and oxygen atoms in total. The Morgan fingerprint density at radius 3 is 2.54 bits per heavy atom. The molecule has 1 aromatic rings. The van der Waals surface area contributed by atoms with Gasteiger partial charge in [-0.1, -0.05) is 31.9 Å². The van der Waals surface area contributed by atoms with E-state index in [4.69, 9.17) is 16.3 Å². The molecule has 26 heavy (non-hydrogen) atoms. The van der Waals surface area contributed by atoms with Crippen molar-refractivity contribution in [2.24, 2.45) is 5.92 Å². The highest BCUT2D eigenvalue weighted by Gasteiger charge is 2.28. The second kappa shape index (κ2) is 9.71. The molecule has 0 heterocycles. The second-order valence-electron chi connectivity index (χ2n) is 5.45. The van der Waals surface area contributed by atoms with Gasteiger partial charge in [-0.3, -0.25) is 14.9 Å². The number of rotatable bonds is 8. The molecule has 0 unspecified atom stereocenters. The van der Waals surface area contributed by atoms with Crippen LogP contribution < -0.4 is 5.32 Å². The van der Waals surface area contributed by atoms with Crippen molar-refractivity contribution >= 4 is 35.1 Å². The first-order valence-electron chi connectivity index (χ1n) is 7.69. The maximum atomic E-state index is 12.0. The lowest BCUT2D eigenvalue weighted by atomic mass is 9.99. The molecule has 0 aliphatic carbocycles. The monoisotopic (exact) mass is 386 g/mol. The lowest BCUT2D eigenvalue weighted by molar-refractivity contribution is -0.385. The SMILES string of the molecule is CC[C@H](C)[C@@H](NC(=O)COC(=O)c1ccc(Cl)cc1[N+](=O)[O-])C(=O)OC. The number of hydrogen-bond donors (Lipinski definition) is 1. The molecule has 0 aliphatic heterocycles. The van der Waals surface area contributed by atoms with Gasteiger partial charge >= 0.3 is 11.9 Å². The number of nitrogens with zero attached hydrogens (tertiary/aromatic N) is 1. The molecule has 0 radical (unpaired) electrons. The smallest absolute Gasteiger partial charge is 0.345 e. The molecule has 142 valence electrons. The molecule has 10 heteroatoms. The third-order valence-corrected chi connectivity index (χ3v) is 3.93.